The van der Waals surface area contributed by atoms with Crippen LogP contribution in [0.1, 0.15) is 12.0 Å². The van der Waals surface area contributed by atoms with Gasteiger partial charge in [0.05, 0.1) is 0 Å². The highest BCUT2D eigenvalue weighted by Crippen LogP contribution is 2.13. The van der Waals surface area contributed by atoms with Crippen molar-refractivity contribution in [2.45, 2.75) is 13.0 Å². The van der Waals surface area contributed by atoms with Crippen LogP contribution in [0.4, 0.5) is 0 Å². The summed E-state index contributed by atoms with van der Waals surface area (Å²) in [5, 5.41) is 3.41. The van der Waals surface area contributed by atoms with Crippen LogP contribution in [0.2, 0.25) is 0 Å². The smallest absolute Gasteiger partial charge is 0.106 e. The molecule has 1 N–H and O–H groups in total. The highest BCUT2D eigenvalue weighted by molar-refractivity contribution is 9.10. The average molecular weight is 284 g/mol. The van der Waals surface area contributed by atoms with Gasteiger partial charge >= 0.3 is 0 Å². The Morgan fingerprint density at radius 2 is 2.50 bits per heavy atom. The quantitative estimate of drug-likeness (QED) is 0.856. The molecule has 1 aromatic rings. The molecule has 0 aliphatic carbocycles. The lowest BCUT2D eigenvalue weighted by atomic mass is 10.1. The number of nitrogens with zero attached hydrogens (tertiary/aromatic N) is 2. The Labute approximate surface area is 105 Å². The third-order valence-electron chi connectivity index (χ3n) is 2.98. The van der Waals surface area contributed by atoms with E-state index in [4.69, 9.17) is 0 Å². The molecule has 0 spiro atoms. The van der Waals surface area contributed by atoms with E-state index in [9.17, 15) is 0 Å². The monoisotopic (exact) mass is 283 g/mol. The molecule has 88 valence electrons. The van der Waals surface area contributed by atoms with Crippen molar-refractivity contribution in [3.8, 4) is 0 Å². The van der Waals surface area contributed by atoms with Crippen molar-refractivity contribution < 1.29 is 0 Å². The van der Waals surface area contributed by atoms with Gasteiger partial charge in [-0.3, -0.25) is 0 Å². The molecule has 0 saturated carbocycles. The van der Waals surface area contributed by atoms with Crippen LogP contribution < -0.4 is 5.32 Å². The van der Waals surface area contributed by atoms with Crippen molar-refractivity contribution in [2.75, 3.05) is 26.7 Å². The molecule has 16 heavy (non-hydrogen) atoms. The maximum absolute atomic E-state index is 4.14. The minimum Gasteiger partial charge on any atom is -0.316 e. The van der Waals surface area contributed by atoms with E-state index >= 15 is 0 Å². The standard InChI is InChI=1S/C12H18BrN3/c1-16(9-11-2-4-14-7-11)8-10-3-5-15-12(13)6-10/h3,5-6,11,14H,2,4,7-9H2,1H3. The molecule has 1 unspecified atom stereocenters. The van der Waals surface area contributed by atoms with E-state index in [0.717, 1.165) is 17.1 Å². The number of nitrogens with one attached hydrogen (secondary N) is 1. The first kappa shape index (κ1) is 12.0. The number of aromatic nitrogens is 1. The van der Waals surface area contributed by atoms with Gasteiger partial charge < -0.3 is 10.2 Å². The minimum atomic E-state index is 0.815. The molecular weight excluding hydrogens is 266 g/mol. The summed E-state index contributed by atoms with van der Waals surface area (Å²) in [6.07, 6.45) is 3.16. The molecular formula is C12H18BrN3. The first-order valence-corrected chi connectivity index (χ1v) is 6.53. The summed E-state index contributed by atoms with van der Waals surface area (Å²) in [6, 6.07) is 4.16. The predicted octanol–water partition coefficient (Wildman–Crippen LogP) is 1.89. The summed E-state index contributed by atoms with van der Waals surface area (Å²) >= 11 is 3.40. The maximum atomic E-state index is 4.14. The lowest BCUT2D eigenvalue weighted by Gasteiger charge is -2.20. The van der Waals surface area contributed by atoms with E-state index < -0.39 is 0 Å². The molecule has 0 amide bonds. The van der Waals surface area contributed by atoms with E-state index in [-0.39, 0.29) is 0 Å². The molecule has 0 radical (unpaired) electrons. The first-order valence-electron chi connectivity index (χ1n) is 5.74. The summed E-state index contributed by atoms with van der Waals surface area (Å²) < 4.78 is 0.918. The third-order valence-corrected chi connectivity index (χ3v) is 3.41. The number of halogens is 1. The van der Waals surface area contributed by atoms with Crippen molar-refractivity contribution in [3.63, 3.8) is 0 Å². The Morgan fingerprint density at radius 3 is 3.19 bits per heavy atom. The van der Waals surface area contributed by atoms with Gasteiger partial charge in [-0.15, -0.1) is 0 Å². The Kier molecular flexibility index (Phi) is 4.32. The fourth-order valence-electron chi connectivity index (χ4n) is 2.23. The van der Waals surface area contributed by atoms with E-state index in [0.29, 0.717) is 0 Å². The van der Waals surface area contributed by atoms with Crippen LogP contribution in [-0.4, -0.2) is 36.6 Å². The largest absolute Gasteiger partial charge is 0.316 e. The van der Waals surface area contributed by atoms with E-state index in [1.807, 2.05) is 6.20 Å². The second-order valence-electron chi connectivity index (χ2n) is 4.54. The van der Waals surface area contributed by atoms with E-state index in [1.54, 1.807) is 0 Å². The molecule has 1 aromatic heterocycles. The summed E-state index contributed by atoms with van der Waals surface area (Å²) in [6.45, 7) is 4.52. The van der Waals surface area contributed by atoms with Crippen LogP contribution in [0.25, 0.3) is 0 Å². The lowest BCUT2D eigenvalue weighted by molar-refractivity contribution is 0.278. The third kappa shape index (κ3) is 3.54. The van der Waals surface area contributed by atoms with Crippen LogP contribution in [0.5, 0.6) is 0 Å². The van der Waals surface area contributed by atoms with Gasteiger partial charge in [-0.05, 0) is 66.1 Å². The van der Waals surface area contributed by atoms with Crippen LogP contribution in [-0.2, 0) is 6.54 Å². The zero-order valence-electron chi connectivity index (χ0n) is 9.62. The molecule has 0 aromatic carbocycles. The average Bonchev–Trinajstić information content (AvgIpc) is 2.70. The van der Waals surface area contributed by atoms with Crippen LogP contribution in [0.15, 0.2) is 22.9 Å². The highest BCUT2D eigenvalue weighted by Gasteiger charge is 2.16. The molecule has 4 heteroatoms. The van der Waals surface area contributed by atoms with Crippen molar-refractivity contribution in [1.82, 2.24) is 15.2 Å². The van der Waals surface area contributed by atoms with Gasteiger partial charge in [0.25, 0.3) is 0 Å². The minimum absolute atomic E-state index is 0.815. The number of hydrogen-bond acceptors (Lipinski definition) is 3. The van der Waals surface area contributed by atoms with Crippen LogP contribution in [0.3, 0.4) is 0 Å². The first-order chi connectivity index (χ1) is 7.74. The highest BCUT2D eigenvalue weighted by atomic mass is 79.9. The van der Waals surface area contributed by atoms with E-state index in [1.165, 1.54) is 31.6 Å². The summed E-state index contributed by atoms with van der Waals surface area (Å²) in [4.78, 5) is 6.53. The second-order valence-corrected chi connectivity index (χ2v) is 5.35. The molecule has 0 bridgehead atoms. The molecule has 1 aliphatic heterocycles. The van der Waals surface area contributed by atoms with E-state index in [2.05, 4.69) is 50.3 Å². The van der Waals surface area contributed by atoms with Gasteiger partial charge in [0.15, 0.2) is 0 Å². The molecule has 1 saturated heterocycles. The molecule has 1 atom stereocenters. The fraction of sp³-hybridized carbons (Fsp3) is 0.583. The zero-order chi connectivity index (χ0) is 11.4. The molecule has 1 fully saturated rings. The molecule has 2 heterocycles. The topological polar surface area (TPSA) is 28.2 Å². The van der Waals surface area contributed by atoms with Crippen LogP contribution in [0, 0.1) is 5.92 Å². The summed E-state index contributed by atoms with van der Waals surface area (Å²) in [7, 11) is 2.19. The van der Waals surface area contributed by atoms with Gasteiger partial charge in [0.2, 0.25) is 0 Å². The zero-order valence-corrected chi connectivity index (χ0v) is 11.2. The Hall–Kier alpha value is -0.450. The number of hydrogen-bond donors (Lipinski definition) is 1. The number of rotatable bonds is 4. The molecule has 1 aliphatic rings. The summed E-state index contributed by atoms with van der Waals surface area (Å²) in [5.74, 6) is 0.815. The Bertz CT molecular complexity index is 337. The van der Waals surface area contributed by atoms with Crippen LogP contribution >= 0.6 is 15.9 Å². The molecule has 3 nitrogen and oxygen atoms in total. The van der Waals surface area contributed by atoms with Gasteiger partial charge in [-0.1, -0.05) is 0 Å². The Balaban J connectivity index is 1.84. The van der Waals surface area contributed by atoms with Crippen molar-refractivity contribution >= 4 is 15.9 Å². The molecule has 2 rings (SSSR count). The van der Waals surface area contributed by atoms with Crippen molar-refractivity contribution in [3.05, 3.63) is 28.5 Å². The lowest BCUT2D eigenvalue weighted by Crippen LogP contribution is -2.26. The van der Waals surface area contributed by atoms with Gasteiger partial charge in [-0.25, -0.2) is 4.98 Å². The predicted molar refractivity (Wildman–Crippen MR) is 69.2 cm³/mol. The van der Waals surface area contributed by atoms with Gasteiger partial charge in [0.1, 0.15) is 4.60 Å². The Morgan fingerprint density at radius 1 is 1.62 bits per heavy atom. The summed E-state index contributed by atoms with van der Waals surface area (Å²) in [5.41, 5.74) is 1.32. The van der Waals surface area contributed by atoms with Gasteiger partial charge in [-0.2, -0.15) is 0 Å². The SMILES string of the molecule is CN(Cc1ccnc(Br)c1)CC1CCNC1. The van der Waals surface area contributed by atoms with Gasteiger partial charge in [0, 0.05) is 19.3 Å². The van der Waals surface area contributed by atoms with Crippen molar-refractivity contribution in [1.29, 1.82) is 0 Å². The van der Waals surface area contributed by atoms with Crippen molar-refractivity contribution in [2.24, 2.45) is 5.92 Å². The fourth-order valence-corrected chi connectivity index (χ4v) is 2.64. The maximum Gasteiger partial charge on any atom is 0.106 e. The number of pyridine rings is 1. The normalized spacial score (nSPS) is 20.6. The second kappa shape index (κ2) is 5.75.